The van der Waals surface area contributed by atoms with Crippen LogP contribution < -0.4 is 5.32 Å². The van der Waals surface area contributed by atoms with Gasteiger partial charge in [0.15, 0.2) is 0 Å². The highest BCUT2D eigenvalue weighted by Gasteiger charge is 2.38. The highest BCUT2D eigenvalue weighted by atomic mass is 19.1. The molecule has 1 aromatic heterocycles. The zero-order valence-corrected chi connectivity index (χ0v) is 13.4. The molecule has 0 spiro atoms. The summed E-state index contributed by atoms with van der Waals surface area (Å²) in [4.78, 5) is 25.6. The molecule has 3 rings (SSSR count). The van der Waals surface area contributed by atoms with Crippen LogP contribution in [-0.2, 0) is 17.8 Å². The molecule has 1 unspecified atom stereocenters. The first-order valence-electron chi connectivity index (χ1n) is 7.71. The van der Waals surface area contributed by atoms with Crippen molar-refractivity contribution in [1.29, 1.82) is 0 Å². The maximum absolute atomic E-state index is 13.2. The number of carbonyl (C=O) groups excluding carboxylic acids is 2. The summed E-state index contributed by atoms with van der Waals surface area (Å²) in [5.74, 6) is -0.746. The standard InChI is InChI=1S/C16H18FN5O2/c1-10(2)22-9-13(19-20-22)7-14-15(23)21(16(24)18-14)8-11-4-3-5-12(17)6-11/h3-6,9-10,14H,7-8H2,1-2H3,(H,18,24). The molecule has 1 aromatic carbocycles. The monoisotopic (exact) mass is 331 g/mol. The van der Waals surface area contributed by atoms with E-state index in [1.54, 1.807) is 23.0 Å². The maximum atomic E-state index is 13.2. The molecule has 0 bridgehead atoms. The highest BCUT2D eigenvalue weighted by Crippen LogP contribution is 2.15. The Kier molecular flexibility index (Phi) is 4.28. The number of aromatic nitrogens is 3. The minimum Gasteiger partial charge on any atom is -0.325 e. The van der Waals surface area contributed by atoms with Crippen LogP contribution in [0.3, 0.4) is 0 Å². The van der Waals surface area contributed by atoms with Crippen LogP contribution >= 0.6 is 0 Å². The van der Waals surface area contributed by atoms with Crippen molar-refractivity contribution in [1.82, 2.24) is 25.2 Å². The molecular formula is C16H18FN5O2. The van der Waals surface area contributed by atoms with E-state index in [4.69, 9.17) is 0 Å². The SMILES string of the molecule is CC(C)n1cc(CC2NC(=O)N(Cc3cccc(F)c3)C2=O)nn1. The number of imide groups is 1. The fourth-order valence-corrected chi connectivity index (χ4v) is 2.55. The van der Waals surface area contributed by atoms with Crippen LogP contribution in [0.4, 0.5) is 9.18 Å². The van der Waals surface area contributed by atoms with Crippen LogP contribution in [0, 0.1) is 5.82 Å². The van der Waals surface area contributed by atoms with E-state index in [2.05, 4.69) is 15.6 Å². The van der Waals surface area contributed by atoms with Gasteiger partial charge in [0.1, 0.15) is 11.9 Å². The second-order valence-corrected chi connectivity index (χ2v) is 6.04. The van der Waals surface area contributed by atoms with Gasteiger partial charge in [0.2, 0.25) is 0 Å². The molecule has 3 amide bonds. The van der Waals surface area contributed by atoms with E-state index in [0.717, 1.165) is 4.90 Å². The summed E-state index contributed by atoms with van der Waals surface area (Å²) >= 11 is 0. The summed E-state index contributed by atoms with van der Waals surface area (Å²) in [6.45, 7) is 3.99. The molecule has 126 valence electrons. The van der Waals surface area contributed by atoms with E-state index in [-0.39, 0.29) is 24.9 Å². The van der Waals surface area contributed by atoms with Crippen LogP contribution in [0.25, 0.3) is 0 Å². The van der Waals surface area contributed by atoms with E-state index >= 15 is 0 Å². The van der Waals surface area contributed by atoms with Crippen molar-refractivity contribution in [3.8, 4) is 0 Å². The first-order chi connectivity index (χ1) is 11.4. The van der Waals surface area contributed by atoms with Crippen LogP contribution in [-0.4, -0.2) is 37.9 Å². The molecule has 2 aromatic rings. The number of nitrogens with zero attached hydrogens (tertiary/aromatic N) is 4. The number of benzene rings is 1. The summed E-state index contributed by atoms with van der Waals surface area (Å²) in [5.41, 5.74) is 1.19. The normalized spacial score (nSPS) is 17.7. The molecule has 1 aliphatic heterocycles. The third-order valence-corrected chi connectivity index (χ3v) is 3.84. The lowest BCUT2D eigenvalue weighted by Gasteiger charge is -2.12. The minimum atomic E-state index is -0.677. The van der Waals surface area contributed by atoms with Crippen molar-refractivity contribution in [2.24, 2.45) is 0 Å². The van der Waals surface area contributed by atoms with Gasteiger partial charge in [-0.15, -0.1) is 5.10 Å². The number of carbonyl (C=O) groups is 2. The Labute approximate surface area is 138 Å². The summed E-state index contributed by atoms with van der Waals surface area (Å²) in [6, 6.07) is 4.85. The quantitative estimate of drug-likeness (QED) is 0.845. The molecule has 8 heteroatoms. The van der Waals surface area contributed by atoms with Crippen molar-refractivity contribution in [2.75, 3.05) is 0 Å². The lowest BCUT2D eigenvalue weighted by Crippen LogP contribution is -2.32. The van der Waals surface area contributed by atoms with Crippen LogP contribution in [0.5, 0.6) is 0 Å². The van der Waals surface area contributed by atoms with Gasteiger partial charge in [0.25, 0.3) is 5.91 Å². The Morgan fingerprint density at radius 2 is 2.12 bits per heavy atom. The first-order valence-corrected chi connectivity index (χ1v) is 7.71. The Balaban J connectivity index is 1.69. The van der Waals surface area contributed by atoms with Gasteiger partial charge in [-0.3, -0.25) is 9.69 Å². The summed E-state index contributed by atoms with van der Waals surface area (Å²) < 4.78 is 14.9. The summed E-state index contributed by atoms with van der Waals surface area (Å²) in [6.07, 6.45) is 2.04. The second kappa shape index (κ2) is 6.38. The topological polar surface area (TPSA) is 80.1 Å². The van der Waals surface area contributed by atoms with Gasteiger partial charge in [-0.2, -0.15) is 0 Å². The molecule has 24 heavy (non-hydrogen) atoms. The average molecular weight is 331 g/mol. The fraction of sp³-hybridized carbons (Fsp3) is 0.375. The van der Waals surface area contributed by atoms with Crippen molar-refractivity contribution in [3.63, 3.8) is 0 Å². The molecule has 0 saturated carbocycles. The van der Waals surface area contributed by atoms with Gasteiger partial charge in [-0.05, 0) is 31.5 Å². The van der Waals surface area contributed by atoms with Gasteiger partial charge >= 0.3 is 6.03 Å². The maximum Gasteiger partial charge on any atom is 0.325 e. The third kappa shape index (κ3) is 3.27. The van der Waals surface area contributed by atoms with Crippen LogP contribution in [0.1, 0.15) is 31.1 Å². The number of rotatable bonds is 5. The molecule has 0 radical (unpaired) electrons. The van der Waals surface area contributed by atoms with Gasteiger partial charge < -0.3 is 5.32 Å². The fourth-order valence-electron chi connectivity index (χ4n) is 2.55. The predicted molar refractivity (Wildman–Crippen MR) is 83.4 cm³/mol. The number of nitrogens with one attached hydrogen (secondary N) is 1. The number of hydrogen-bond acceptors (Lipinski definition) is 4. The number of amides is 3. The van der Waals surface area contributed by atoms with E-state index in [9.17, 15) is 14.0 Å². The van der Waals surface area contributed by atoms with Crippen LogP contribution in [0.2, 0.25) is 0 Å². The second-order valence-electron chi connectivity index (χ2n) is 6.04. The molecule has 0 aliphatic carbocycles. The largest absolute Gasteiger partial charge is 0.325 e. The molecule has 1 atom stereocenters. The lowest BCUT2D eigenvalue weighted by atomic mass is 10.1. The molecule has 2 heterocycles. The number of halogens is 1. The molecule has 1 fully saturated rings. The van der Waals surface area contributed by atoms with Gasteiger partial charge in [-0.1, -0.05) is 17.3 Å². The zero-order valence-electron chi connectivity index (χ0n) is 13.4. The summed E-state index contributed by atoms with van der Waals surface area (Å²) in [5, 5.41) is 10.7. The minimum absolute atomic E-state index is 0.0393. The van der Waals surface area contributed by atoms with E-state index in [0.29, 0.717) is 11.3 Å². The lowest BCUT2D eigenvalue weighted by molar-refractivity contribution is -0.127. The Bertz CT molecular complexity index is 773. The predicted octanol–water partition coefficient (Wildman–Crippen LogP) is 1.66. The molecule has 1 saturated heterocycles. The van der Waals surface area contributed by atoms with Gasteiger partial charge in [0.05, 0.1) is 12.2 Å². The molecule has 1 aliphatic rings. The summed E-state index contributed by atoms with van der Waals surface area (Å²) in [7, 11) is 0. The molecule has 7 nitrogen and oxygen atoms in total. The highest BCUT2D eigenvalue weighted by molar-refractivity contribution is 6.04. The van der Waals surface area contributed by atoms with Crippen molar-refractivity contribution in [2.45, 2.75) is 38.9 Å². The van der Waals surface area contributed by atoms with Gasteiger partial charge in [-0.25, -0.2) is 13.9 Å². The Morgan fingerprint density at radius 3 is 2.79 bits per heavy atom. The average Bonchev–Trinajstić information content (AvgIpc) is 3.09. The van der Waals surface area contributed by atoms with Crippen molar-refractivity contribution >= 4 is 11.9 Å². The zero-order chi connectivity index (χ0) is 17.3. The number of hydrogen-bond donors (Lipinski definition) is 1. The number of urea groups is 1. The molecule has 1 N–H and O–H groups in total. The molecular weight excluding hydrogens is 313 g/mol. The smallest absolute Gasteiger partial charge is 0.325 e. The van der Waals surface area contributed by atoms with Crippen molar-refractivity contribution in [3.05, 3.63) is 47.5 Å². The van der Waals surface area contributed by atoms with Gasteiger partial charge in [0, 0.05) is 18.7 Å². The van der Waals surface area contributed by atoms with E-state index in [1.807, 2.05) is 13.8 Å². The third-order valence-electron chi connectivity index (χ3n) is 3.84. The van der Waals surface area contributed by atoms with Crippen LogP contribution in [0.15, 0.2) is 30.5 Å². The van der Waals surface area contributed by atoms with E-state index in [1.165, 1.54) is 12.1 Å². The van der Waals surface area contributed by atoms with Crippen molar-refractivity contribution < 1.29 is 14.0 Å². The first kappa shape index (κ1) is 16.1. The van der Waals surface area contributed by atoms with E-state index < -0.39 is 17.9 Å². The Hall–Kier alpha value is -2.77. The Morgan fingerprint density at radius 1 is 1.33 bits per heavy atom.